The monoisotopic (exact) mass is 422 g/mol. The fourth-order valence-electron chi connectivity index (χ4n) is 2.92. The Morgan fingerprint density at radius 2 is 2.00 bits per heavy atom. The van der Waals surface area contributed by atoms with Crippen LogP contribution >= 0.6 is 27.5 Å². The Morgan fingerprint density at radius 1 is 1.24 bits per heavy atom. The molecular formula is C19H20BrClN2O2. The van der Waals surface area contributed by atoms with Crippen molar-refractivity contribution in [2.45, 2.75) is 19.8 Å². The second kappa shape index (κ2) is 8.11. The number of ether oxygens (including phenoxy) is 1. The first-order valence-corrected chi connectivity index (χ1v) is 9.54. The number of anilines is 2. The lowest BCUT2D eigenvalue weighted by molar-refractivity contribution is 0.102. The molecule has 1 aliphatic rings. The van der Waals surface area contributed by atoms with Crippen molar-refractivity contribution in [3.63, 3.8) is 0 Å². The number of carbonyl (C=O) groups excluding carboxylic acids is 1. The minimum absolute atomic E-state index is 0.186. The smallest absolute Gasteiger partial charge is 0.255 e. The van der Waals surface area contributed by atoms with E-state index in [-0.39, 0.29) is 5.91 Å². The zero-order valence-corrected chi connectivity index (χ0v) is 16.4. The van der Waals surface area contributed by atoms with Crippen molar-refractivity contribution in [2.24, 2.45) is 0 Å². The molecule has 0 spiro atoms. The summed E-state index contributed by atoms with van der Waals surface area (Å²) in [6.07, 6.45) is 2.39. The third kappa shape index (κ3) is 4.28. The van der Waals surface area contributed by atoms with Gasteiger partial charge in [-0.15, -0.1) is 0 Å². The van der Waals surface area contributed by atoms with Crippen LogP contribution in [0, 0.1) is 0 Å². The molecule has 1 aliphatic heterocycles. The van der Waals surface area contributed by atoms with Gasteiger partial charge in [-0.25, -0.2) is 0 Å². The van der Waals surface area contributed by atoms with Gasteiger partial charge in [-0.1, -0.05) is 11.6 Å². The van der Waals surface area contributed by atoms with Gasteiger partial charge in [-0.3, -0.25) is 4.79 Å². The number of hydrogen-bond acceptors (Lipinski definition) is 3. The average Bonchev–Trinajstić information content (AvgIpc) is 3.11. The van der Waals surface area contributed by atoms with Crippen LogP contribution in [0.5, 0.6) is 5.75 Å². The Balaban J connectivity index is 1.72. The molecule has 0 bridgehead atoms. The summed E-state index contributed by atoms with van der Waals surface area (Å²) in [7, 11) is 0. The van der Waals surface area contributed by atoms with Gasteiger partial charge in [0.15, 0.2) is 0 Å². The van der Waals surface area contributed by atoms with E-state index >= 15 is 0 Å². The van der Waals surface area contributed by atoms with Crippen LogP contribution in [0.25, 0.3) is 0 Å². The quantitative estimate of drug-likeness (QED) is 0.704. The second-order valence-corrected chi connectivity index (χ2v) is 7.15. The Bertz CT molecular complexity index is 776. The highest BCUT2D eigenvalue weighted by molar-refractivity contribution is 9.10. The SMILES string of the molecule is CCOc1ccc(C(=O)Nc2ccc(N3CCCC3)c(Cl)c2)cc1Br. The molecule has 0 atom stereocenters. The molecule has 132 valence electrons. The van der Waals surface area contributed by atoms with Gasteiger partial charge in [0.05, 0.1) is 21.8 Å². The molecule has 3 rings (SSSR count). The molecule has 0 aliphatic carbocycles. The first-order valence-electron chi connectivity index (χ1n) is 8.36. The van der Waals surface area contributed by atoms with Crippen molar-refractivity contribution in [2.75, 3.05) is 29.9 Å². The summed E-state index contributed by atoms with van der Waals surface area (Å²) >= 11 is 9.83. The van der Waals surface area contributed by atoms with Crippen LogP contribution < -0.4 is 15.0 Å². The van der Waals surface area contributed by atoms with E-state index in [9.17, 15) is 4.79 Å². The lowest BCUT2D eigenvalue weighted by atomic mass is 10.2. The molecular weight excluding hydrogens is 404 g/mol. The summed E-state index contributed by atoms with van der Waals surface area (Å²) in [4.78, 5) is 14.7. The summed E-state index contributed by atoms with van der Waals surface area (Å²) in [5.74, 6) is 0.533. The maximum atomic E-state index is 12.5. The minimum Gasteiger partial charge on any atom is -0.493 e. The van der Waals surface area contributed by atoms with E-state index in [0.29, 0.717) is 22.9 Å². The zero-order chi connectivity index (χ0) is 17.8. The molecule has 1 saturated heterocycles. The van der Waals surface area contributed by atoms with Crippen molar-refractivity contribution >= 4 is 44.8 Å². The number of nitrogens with one attached hydrogen (secondary N) is 1. The first-order chi connectivity index (χ1) is 12.1. The Kier molecular flexibility index (Phi) is 5.86. The van der Waals surface area contributed by atoms with E-state index in [0.717, 1.165) is 29.0 Å². The Labute approximate surface area is 161 Å². The van der Waals surface area contributed by atoms with Gasteiger partial charge in [0.25, 0.3) is 5.91 Å². The fourth-order valence-corrected chi connectivity index (χ4v) is 3.71. The van der Waals surface area contributed by atoms with Crippen LogP contribution in [0.4, 0.5) is 11.4 Å². The molecule has 1 amide bonds. The maximum Gasteiger partial charge on any atom is 0.255 e. The molecule has 0 radical (unpaired) electrons. The average molecular weight is 424 g/mol. The number of rotatable bonds is 5. The van der Waals surface area contributed by atoms with Crippen molar-refractivity contribution in [1.29, 1.82) is 0 Å². The number of halogens is 2. The number of amides is 1. The van der Waals surface area contributed by atoms with Crippen LogP contribution in [0.15, 0.2) is 40.9 Å². The predicted octanol–water partition coefficient (Wildman–Crippen LogP) is 5.35. The van der Waals surface area contributed by atoms with Gasteiger partial charge in [0, 0.05) is 24.3 Å². The first kappa shape index (κ1) is 18.1. The van der Waals surface area contributed by atoms with Crippen LogP contribution in [-0.2, 0) is 0 Å². The van der Waals surface area contributed by atoms with Crippen LogP contribution in [0.1, 0.15) is 30.1 Å². The Morgan fingerprint density at radius 3 is 2.64 bits per heavy atom. The number of carbonyl (C=O) groups is 1. The van der Waals surface area contributed by atoms with E-state index in [2.05, 4.69) is 26.1 Å². The molecule has 4 nitrogen and oxygen atoms in total. The standard InChI is InChI=1S/C19H20BrClN2O2/c1-2-25-18-8-5-13(11-15(18)20)19(24)22-14-6-7-17(16(21)12-14)23-9-3-4-10-23/h5-8,11-12H,2-4,9-10H2,1H3,(H,22,24). The van der Waals surface area contributed by atoms with Gasteiger partial charge >= 0.3 is 0 Å². The molecule has 1 N–H and O–H groups in total. The van der Waals surface area contributed by atoms with Gasteiger partial charge in [-0.2, -0.15) is 0 Å². The van der Waals surface area contributed by atoms with Crippen molar-refractivity contribution < 1.29 is 9.53 Å². The normalized spacial score (nSPS) is 13.8. The molecule has 1 fully saturated rings. The molecule has 2 aromatic carbocycles. The number of hydrogen-bond donors (Lipinski definition) is 1. The number of nitrogens with zero attached hydrogens (tertiary/aromatic N) is 1. The highest BCUT2D eigenvalue weighted by atomic mass is 79.9. The summed E-state index contributed by atoms with van der Waals surface area (Å²) in [5, 5.41) is 3.55. The van der Waals surface area contributed by atoms with Crippen molar-refractivity contribution in [3.05, 3.63) is 51.5 Å². The predicted molar refractivity (Wildman–Crippen MR) is 106 cm³/mol. The van der Waals surface area contributed by atoms with E-state index in [1.165, 1.54) is 12.8 Å². The Hall–Kier alpha value is -1.72. The van der Waals surface area contributed by atoms with Crippen LogP contribution in [0.2, 0.25) is 5.02 Å². The summed E-state index contributed by atoms with van der Waals surface area (Å²) < 4.78 is 6.22. The van der Waals surface area contributed by atoms with Crippen LogP contribution in [0.3, 0.4) is 0 Å². The zero-order valence-electron chi connectivity index (χ0n) is 14.0. The van der Waals surface area contributed by atoms with Gasteiger partial charge in [0.2, 0.25) is 0 Å². The van der Waals surface area contributed by atoms with E-state index in [1.807, 2.05) is 19.1 Å². The van der Waals surface area contributed by atoms with Gasteiger partial charge in [-0.05, 0) is 72.1 Å². The third-order valence-corrected chi connectivity index (χ3v) is 5.07. The lowest BCUT2D eigenvalue weighted by Crippen LogP contribution is -2.18. The minimum atomic E-state index is -0.186. The maximum absolute atomic E-state index is 12.5. The highest BCUT2D eigenvalue weighted by Crippen LogP contribution is 2.31. The van der Waals surface area contributed by atoms with Gasteiger partial charge < -0.3 is 15.0 Å². The van der Waals surface area contributed by atoms with Crippen LogP contribution in [-0.4, -0.2) is 25.6 Å². The summed E-state index contributed by atoms with van der Waals surface area (Å²) in [5.41, 5.74) is 2.26. The van der Waals surface area contributed by atoms with Gasteiger partial charge in [0.1, 0.15) is 5.75 Å². The number of benzene rings is 2. The van der Waals surface area contributed by atoms with E-state index in [1.54, 1.807) is 24.3 Å². The molecule has 0 saturated carbocycles. The molecule has 25 heavy (non-hydrogen) atoms. The summed E-state index contributed by atoms with van der Waals surface area (Å²) in [6.45, 7) is 4.56. The van der Waals surface area contributed by atoms with E-state index < -0.39 is 0 Å². The molecule has 1 heterocycles. The summed E-state index contributed by atoms with van der Waals surface area (Å²) in [6, 6.07) is 10.9. The topological polar surface area (TPSA) is 41.6 Å². The molecule has 0 aromatic heterocycles. The highest BCUT2D eigenvalue weighted by Gasteiger charge is 2.16. The second-order valence-electron chi connectivity index (χ2n) is 5.89. The fraction of sp³-hybridized carbons (Fsp3) is 0.316. The molecule has 0 unspecified atom stereocenters. The van der Waals surface area contributed by atoms with Crippen molar-refractivity contribution in [3.8, 4) is 5.75 Å². The van der Waals surface area contributed by atoms with E-state index in [4.69, 9.17) is 16.3 Å². The largest absolute Gasteiger partial charge is 0.493 e. The molecule has 6 heteroatoms. The molecule has 2 aromatic rings. The third-order valence-electron chi connectivity index (χ3n) is 4.15. The lowest BCUT2D eigenvalue weighted by Gasteiger charge is -2.19. The van der Waals surface area contributed by atoms with Crippen molar-refractivity contribution in [1.82, 2.24) is 0 Å².